The lowest BCUT2D eigenvalue weighted by atomic mass is 10.1. The number of anilines is 2. The van der Waals surface area contributed by atoms with E-state index in [1.807, 2.05) is 42.1 Å². The predicted octanol–water partition coefficient (Wildman–Crippen LogP) is 4.60. The highest BCUT2D eigenvalue weighted by Gasteiger charge is 2.09. The minimum atomic E-state index is -0.331. The smallest absolute Gasteiger partial charge is 0.337 e. The van der Waals surface area contributed by atoms with Gasteiger partial charge in [-0.2, -0.15) is 0 Å². The van der Waals surface area contributed by atoms with Crippen molar-refractivity contribution in [3.05, 3.63) is 69.2 Å². The molecular weight excluding hydrogens is 392 g/mol. The summed E-state index contributed by atoms with van der Waals surface area (Å²) in [6, 6.07) is 15.5. The first-order valence-electron chi connectivity index (χ1n) is 8.72. The van der Waals surface area contributed by atoms with Gasteiger partial charge >= 0.3 is 5.97 Å². The highest BCUT2D eigenvalue weighted by atomic mass is 32.1. The number of nitrogens with one attached hydrogen (secondary N) is 1. The summed E-state index contributed by atoms with van der Waals surface area (Å²) in [5, 5.41) is 8.70. The molecule has 0 saturated carbocycles. The van der Waals surface area contributed by atoms with Crippen molar-refractivity contribution in [3.63, 3.8) is 0 Å². The molecule has 3 rings (SSSR count). The number of para-hydroxylation sites is 1. The van der Waals surface area contributed by atoms with Crippen molar-refractivity contribution in [1.82, 2.24) is 14.7 Å². The third-order valence-electron chi connectivity index (χ3n) is 4.20. The lowest BCUT2D eigenvalue weighted by molar-refractivity contribution is 0.0600. The van der Waals surface area contributed by atoms with E-state index in [2.05, 4.69) is 28.3 Å². The van der Waals surface area contributed by atoms with Crippen LogP contribution in [0.5, 0.6) is 0 Å². The van der Waals surface area contributed by atoms with Gasteiger partial charge < -0.3 is 10.1 Å². The Morgan fingerprint density at radius 2 is 1.96 bits per heavy atom. The zero-order valence-corrected chi connectivity index (χ0v) is 17.6. The van der Waals surface area contributed by atoms with E-state index in [9.17, 15) is 4.79 Å². The van der Waals surface area contributed by atoms with Gasteiger partial charge in [-0.05, 0) is 55.5 Å². The first-order chi connectivity index (χ1) is 13.5. The molecule has 3 aromatic rings. The van der Waals surface area contributed by atoms with Crippen LogP contribution in [0.1, 0.15) is 21.5 Å². The van der Waals surface area contributed by atoms with Crippen molar-refractivity contribution in [2.45, 2.75) is 20.1 Å². The largest absolute Gasteiger partial charge is 0.465 e. The topological polar surface area (TPSA) is 59.4 Å². The van der Waals surface area contributed by atoms with Gasteiger partial charge in [0.05, 0.1) is 19.3 Å². The second-order valence-corrected chi connectivity index (χ2v) is 8.08. The number of rotatable bonds is 7. The third-order valence-corrected chi connectivity index (χ3v) is 5.42. The van der Waals surface area contributed by atoms with Crippen molar-refractivity contribution in [2.24, 2.45) is 0 Å². The number of nitrogens with zero attached hydrogens (tertiary/aromatic N) is 3. The maximum atomic E-state index is 11.5. The average Bonchev–Trinajstić information content (AvgIpc) is 3.02. The van der Waals surface area contributed by atoms with Crippen LogP contribution in [0, 0.1) is 10.9 Å². The number of hydrogen-bond donors (Lipinski definition) is 1. The van der Waals surface area contributed by atoms with Crippen molar-refractivity contribution < 1.29 is 9.53 Å². The molecule has 28 heavy (non-hydrogen) atoms. The van der Waals surface area contributed by atoms with Crippen LogP contribution >= 0.6 is 23.6 Å². The molecule has 6 nitrogen and oxygen atoms in total. The number of carbonyl (C=O) groups excluding carboxylic acids is 1. The van der Waals surface area contributed by atoms with Gasteiger partial charge in [0.1, 0.15) is 0 Å². The molecule has 146 valence electrons. The Morgan fingerprint density at radius 1 is 1.25 bits per heavy atom. The molecule has 0 amide bonds. The molecule has 1 N–H and O–H groups in total. The summed E-state index contributed by atoms with van der Waals surface area (Å²) >= 11 is 6.92. The van der Waals surface area contributed by atoms with Gasteiger partial charge in [-0.25, -0.2) is 9.48 Å². The van der Waals surface area contributed by atoms with Crippen LogP contribution in [0.25, 0.3) is 0 Å². The zero-order chi connectivity index (χ0) is 20.1. The van der Waals surface area contributed by atoms with Gasteiger partial charge in [-0.1, -0.05) is 41.7 Å². The molecule has 0 aliphatic heterocycles. The van der Waals surface area contributed by atoms with E-state index < -0.39 is 0 Å². The summed E-state index contributed by atoms with van der Waals surface area (Å²) in [6.45, 7) is 3.34. The van der Waals surface area contributed by atoms with E-state index in [4.69, 9.17) is 17.0 Å². The van der Waals surface area contributed by atoms with Crippen LogP contribution < -0.4 is 5.32 Å². The Kier molecular flexibility index (Phi) is 6.56. The van der Waals surface area contributed by atoms with Gasteiger partial charge in [-0.3, -0.25) is 4.90 Å². The number of aromatic nitrogens is 2. The van der Waals surface area contributed by atoms with E-state index in [1.165, 1.54) is 18.4 Å². The van der Waals surface area contributed by atoms with E-state index >= 15 is 0 Å². The number of methoxy groups -OCH3 is 1. The van der Waals surface area contributed by atoms with E-state index in [1.54, 1.807) is 12.1 Å². The maximum Gasteiger partial charge on any atom is 0.337 e. The second kappa shape index (κ2) is 9.09. The minimum absolute atomic E-state index is 0.331. The normalized spacial score (nSPS) is 10.9. The molecule has 1 heterocycles. The van der Waals surface area contributed by atoms with Crippen molar-refractivity contribution in [1.29, 1.82) is 0 Å². The second-order valence-electron chi connectivity index (χ2n) is 6.46. The molecule has 0 fully saturated rings. The SMILES string of the molecule is COC(=O)c1ccc(CN(C)Cn2nc(Nc3ccccc3C)sc2=S)cc1. The van der Waals surface area contributed by atoms with Crippen LogP contribution in [0.2, 0.25) is 0 Å². The standard InChI is InChI=1S/C20H22N4O2S2/c1-14-6-4-5-7-17(14)21-19-22-24(20(27)28-19)13-23(2)12-15-8-10-16(11-9-15)18(25)26-3/h4-11H,12-13H2,1-3H3,(H,21,22). The fourth-order valence-electron chi connectivity index (χ4n) is 2.73. The predicted molar refractivity (Wildman–Crippen MR) is 115 cm³/mol. The molecule has 0 bridgehead atoms. The summed E-state index contributed by atoms with van der Waals surface area (Å²) in [5.74, 6) is -0.331. The van der Waals surface area contributed by atoms with Gasteiger partial charge in [0.15, 0.2) is 3.95 Å². The molecule has 0 spiro atoms. The number of esters is 1. The number of aryl methyl sites for hydroxylation is 1. The molecule has 0 unspecified atom stereocenters. The van der Waals surface area contributed by atoms with E-state index in [0.717, 1.165) is 21.9 Å². The Labute approximate surface area is 173 Å². The lowest BCUT2D eigenvalue weighted by Crippen LogP contribution is -2.22. The van der Waals surface area contributed by atoms with Crippen molar-refractivity contribution >= 4 is 40.3 Å². The summed E-state index contributed by atoms with van der Waals surface area (Å²) in [4.78, 5) is 13.6. The highest BCUT2D eigenvalue weighted by molar-refractivity contribution is 7.73. The van der Waals surface area contributed by atoms with Crippen LogP contribution in [0.15, 0.2) is 48.5 Å². The van der Waals surface area contributed by atoms with Gasteiger partial charge in [0, 0.05) is 12.2 Å². The van der Waals surface area contributed by atoms with Crippen LogP contribution in [0.3, 0.4) is 0 Å². The van der Waals surface area contributed by atoms with Crippen molar-refractivity contribution in [3.8, 4) is 0 Å². The van der Waals surface area contributed by atoms with Crippen LogP contribution in [0.4, 0.5) is 10.8 Å². The Balaban J connectivity index is 1.63. The first-order valence-corrected chi connectivity index (χ1v) is 9.95. The Hall–Kier alpha value is -2.55. The number of carbonyl (C=O) groups is 1. The van der Waals surface area contributed by atoms with Crippen molar-refractivity contribution in [2.75, 3.05) is 19.5 Å². The molecule has 2 aromatic carbocycles. The fraction of sp³-hybridized carbons (Fsp3) is 0.250. The number of ether oxygens (including phenoxy) is 1. The Bertz CT molecular complexity index is 1010. The molecule has 0 atom stereocenters. The summed E-state index contributed by atoms with van der Waals surface area (Å²) in [5.41, 5.74) is 3.82. The van der Waals surface area contributed by atoms with Gasteiger partial charge in [0.25, 0.3) is 0 Å². The van der Waals surface area contributed by atoms with Crippen LogP contribution in [-0.4, -0.2) is 34.8 Å². The molecular formula is C20H22N4O2S2. The van der Waals surface area contributed by atoms with Gasteiger partial charge in [-0.15, -0.1) is 5.10 Å². The van der Waals surface area contributed by atoms with E-state index in [-0.39, 0.29) is 5.97 Å². The molecule has 8 heteroatoms. The average molecular weight is 415 g/mol. The minimum Gasteiger partial charge on any atom is -0.465 e. The summed E-state index contributed by atoms with van der Waals surface area (Å²) in [7, 11) is 3.38. The maximum absolute atomic E-state index is 11.5. The van der Waals surface area contributed by atoms with Crippen LogP contribution in [-0.2, 0) is 18.0 Å². The number of hydrogen-bond acceptors (Lipinski definition) is 7. The monoisotopic (exact) mass is 414 g/mol. The highest BCUT2D eigenvalue weighted by Crippen LogP contribution is 2.23. The zero-order valence-electron chi connectivity index (χ0n) is 16.0. The summed E-state index contributed by atoms with van der Waals surface area (Å²) in [6.07, 6.45) is 0. The van der Waals surface area contributed by atoms with Gasteiger partial charge in [0.2, 0.25) is 5.13 Å². The first kappa shape index (κ1) is 20.2. The number of benzene rings is 2. The lowest BCUT2D eigenvalue weighted by Gasteiger charge is -2.16. The fourth-order valence-corrected chi connectivity index (χ4v) is 3.73. The quantitative estimate of drug-likeness (QED) is 0.450. The molecule has 0 radical (unpaired) electrons. The molecule has 1 aromatic heterocycles. The third kappa shape index (κ3) is 5.03. The van der Waals surface area contributed by atoms with E-state index in [0.29, 0.717) is 22.7 Å². The molecule has 0 aliphatic carbocycles. The molecule has 0 aliphatic rings. The summed E-state index contributed by atoms with van der Waals surface area (Å²) < 4.78 is 7.25. The molecule has 0 saturated heterocycles. The Morgan fingerprint density at radius 3 is 2.64 bits per heavy atom.